The number of ether oxygens (including phenoxy) is 2. The summed E-state index contributed by atoms with van der Waals surface area (Å²) in [5, 5.41) is 10.0. The van der Waals surface area contributed by atoms with E-state index in [1.807, 2.05) is 20.8 Å². The van der Waals surface area contributed by atoms with E-state index in [4.69, 9.17) is 9.47 Å². The summed E-state index contributed by atoms with van der Waals surface area (Å²) >= 11 is 0. The number of rotatable bonds is 5. The van der Waals surface area contributed by atoms with Gasteiger partial charge in [-0.1, -0.05) is 0 Å². The van der Waals surface area contributed by atoms with Crippen LogP contribution in [-0.4, -0.2) is 74.5 Å². The first-order valence-electron chi connectivity index (χ1n) is 11.6. The molecule has 2 aliphatic rings. The third-order valence-corrected chi connectivity index (χ3v) is 7.59. The summed E-state index contributed by atoms with van der Waals surface area (Å²) in [7, 11) is -3.48. The molecule has 0 bridgehead atoms. The molecule has 0 radical (unpaired) electrons. The van der Waals surface area contributed by atoms with Gasteiger partial charge in [-0.05, 0) is 70.6 Å². The van der Waals surface area contributed by atoms with Gasteiger partial charge in [0.2, 0.25) is 0 Å². The summed E-state index contributed by atoms with van der Waals surface area (Å²) < 4.78 is 48.5. The molecule has 1 saturated carbocycles. The van der Waals surface area contributed by atoms with Gasteiger partial charge in [-0.15, -0.1) is 0 Å². The predicted molar refractivity (Wildman–Crippen MR) is 125 cm³/mol. The molecule has 1 amide bonds. The van der Waals surface area contributed by atoms with Crippen molar-refractivity contribution in [3.8, 4) is 11.8 Å². The average molecular weight is 496 g/mol. The standard InChI is InChI=1S/C24H34FN3O5S/c1-23(2,3)33-22(29)27-11-13-28(14-12-27)24(17-26)9-7-18(8-10-24)16-32-21-6-5-19(15-20(21)25)34(4,30)31/h5-6,15,18H,7-14,16H2,1-4H3/t18-,24-. The lowest BCUT2D eigenvalue weighted by Crippen LogP contribution is -2.59. The molecule has 1 saturated heterocycles. The lowest BCUT2D eigenvalue weighted by Gasteiger charge is -2.46. The zero-order valence-electron chi connectivity index (χ0n) is 20.3. The van der Waals surface area contributed by atoms with E-state index in [-0.39, 0.29) is 22.7 Å². The molecule has 3 rings (SSSR count). The van der Waals surface area contributed by atoms with Crippen molar-refractivity contribution in [3.05, 3.63) is 24.0 Å². The number of carbonyl (C=O) groups is 1. The number of amides is 1. The summed E-state index contributed by atoms with van der Waals surface area (Å²) in [4.78, 5) is 16.1. The van der Waals surface area contributed by atoms with Crippen LogP contribution in [-0.2, 0) is 14.6 Å². The Kier molecular flexibility index (Phi) is 7.78. The number of sulfone groups is 1. The van der Waals surface area contributed by atoms with E-state index in [0.29, 0.717) is 45.6 Å². The number of hydrogen-bond donors (Lipinski definition) is 0. The Labute approximate surface area is 201 Å². The Morgan fingerprint density at radius 1 is 1.21 bits per heavy atom. The number of halogens is 1. The Balaban J connectivity index is 1.51. The van der Waals surface area contributed by atoms with Crippen LogP contribution in [0.5, 0.6) is 5.75 Å². The maximum atomic E-state index is 14.3. The second-order valence-corrected chi connectivity index (χ2v) is 12.2. The second-order valence-electron chi connectivity index (χ2n) is 10.2. The fourth-order valence-electron chi connectivity index (χ4n) is 4.50. The third kappa shape index (κ3) is 6.39. The van der Waals surface area contributed by atoms with Gasteiger partial charge in [0.1, 0.15) is 11.1 Å². The molecule has 188 valence electrons. The molecule has 0 spiro atoms. The maximum Gasteiger partial charge on any atom is 0.410 e. The van der Waals surface area contributed by atoms with E-state index >= 15 is 0 Å². The van der Waals surface area contributed by atoms with Crippen molar-refractivity contribution in [1.82, 2.24) is 9.80 Å². The summed E-state index contributed by atoms with van der Waals surface area (Å²) in [6.07, 6.45) is 3.60. The molecule has 1 heterocycles. The van der Waals surface area contributed by atoms with E-state index in [0.717, 1.165) is 25.2 Å². The normalized spacial score (nSPS) is 24.4. The molecule has 8 nitrogen and oxygen atoms in total. The van der Waals surface area contributed by atoms with Crippen LogP contribution in [0.2, 0.25) is 0 Å². The summed E-state index contributed by atoms with van der Waals surface area (Å²) in [6, 6.07) is 6.19. The van der Waals surface area contributed by atoms with Crippen LogP contribution in [0.15, 0.2) is 23.1 Å². The summed E-state index contributed by atoms with van der Waals surface area (Å²) in [6.45, 7) is 8.11. The molecule has 1 aliphatic carbocycles. The molecular formula is C24H34FN3O5S. The van der Waals surface area contributed by atoms with Crippen molar-refractivity contribution in [1.29, 1.82) is 5.26 Å². The SMILES string of the molecule is CC(C)(C)OC(=O)N1CCN([C@]2(C#N)CC[C@@H](COc3ccc(S(C)(=O)=O)cc3F)CC2)CC1. The van der Waals surface area contributed by atoms with E-state index < -0.39 is 26.8 Å². The highest BCUT2D eigenvalue weighted by Crippen LogP contribution is 2.37. The highest BCUT2D eigenvalue weighted by molar-refractivity contribution is 7.90. The minimum atomic E-state index is -3.48. The molecular weight excluding hydrogens is 461 g/mol. The van der Waals surface area contributed by atoms with Gasteiger partial charge < -0.3 is 14.4 Å². The Hall–Kier alpha value is -2.38. The molecule has 0 N–H and O–H groups in total. The fourth-order valence-corrected chi connectivity index (χ4v) is 5.13. The summed E-state index contributed by atoms with van der Waals surface area (Å²) in [5.41, 5.74) is -1.11. The molecule has 34 heavy (non-hydrogen) atoms. The Morgan fingerprint density at radius 3 is 2.32 bits per heavy atom. The fraction of sp³-hybridized carbons (Fsp3) is 0.667. The summed E-state index contributed by atoms with van der Waals surface area (Å²) in [5.74, 6) is -0.491. The van der Waals surface area contributed by atoms with Crippen molar-refractivity contribution >= 4 is 15.9 Å². The molecule has 10 heteroatoms. The van der Waals surface area contributed by atoms with Crippen LogP contribution in [0.25, 0.3) is 0 Å². The van der Waals surface area contributed by atoms with E-state index in [1.165, 1.54) is 12.1 Å². The van der Waals surface area contributed by atoms with E-state index in [2.05, 4.69) is 11.0 Å². The van der Waals surface area contributed by atoms with Gasteiger partial charge in [0, 0.05) is 32.4 Å². The lowest BCUT2D eigenvalue weighted by molar-refractivity contribution is -0.00426. The van der Waals surface area contributed by atoms with Gasteiger partial charge in [0.15, 0.2) is 21.4 Å². The lowest BCUT2D eigenvalue weighted by atomic mass is 9.76. The first-order valence-corrected chi connectivity index (χ1v) is 13.5. The predicted octanol–water partition coefficient (Wildman–Crippen LogP) is 3.61. The van der Waals surface area contributed by atoms with Crippen LogP contribution in [0.1, 0.15) is 46.5 Å². The average Bonchev–Trinajstić information content (AvgIpc) is 2.77. The Bertz CT molecular complexity index is 1030. The van der Waals surface area contributed by atoms with Gasteiger partial charge >= 0.3 is 6.09 Å². The number of nitrogens with zero attached hydrogens (tertiary/aromatic N) is 3. The van der Waals surface area contributed by atoms with Crippen molar-refractivity contribution in [2.75, 3.05) is 39.0 Å². The molecule has 1 aromatic rings. The number of piperazine rings is 1. The first-order chi connectivity index (χ1) is 15.8. The number of benzene rings is 1. The molecule has 0 aromatic heterocycles. The van der Waals surface area contributed by atoms with Crippen LogP contribution in [0, 0.1) is 23.1 Å². The van der Waals surface area contributed by atoms with Gasteiger partial charge in [0.05, 0.1) is 17.6 Å². The highest BCUT2D eigenvalue weighted by Gasteiger charge is 2.42. The molecule has 0 unspecified atom stereocenters. The van der Waals surface area contributed by atoms with E-state index in [9.17, 15) is 22.9 Å². The highest BCUT2D eigenvalue weighted by atomic mass is 32.2. The van der Waals surface area contributed by atoms with Crippen LogP contribution in [0.4, 0.5) is 9.18 Å². The van der Waals surface area contributed by atoms with Gasteiger partial charge in [-0.2, -0.15) is 5.26 Å². The van der Waals surface area contributed by atoms with Crippen molar-refractivity contribution in [2.45, 2.75) is 62.5 Å². The van der Waals surface area contributed by atoms with E-state index in [1.54, 1.807) is 4.90 Å². The van der Waals surface area contributed by atoms with Crippen LogP contribution >= 0.6 is 0 Å². The maximum absolute atomic E-state index is 14.3. The zero-order chi connectivity index (χ0) is 25.1. The first kappa shape index (κ1) is 26.2. The molecule has 1 aromatic carbocycles. The van der Waals surface area contributed by atoms with Crippen LogP contribution < -0.4 is 4.74 Å². The minimum absolute atomic E-state index is 0.0304. The minimum Gasteiger partial charge on any atom is -0.490 e. The zero-order valence-corrected chi connectivity index (χ0v) is 21.2. The monoisotopic (exact) mass is 495 g/mol. The molecule has 2 fully saturated rings. The number of hydrogen-bond acceptors (Lipinski definition) is 7. The van der Waals surface area contributed by atoms with Crippen molar-refractivity contribution in [3.63, 3.8) is 0 Å². The van der Waals surface area contributed by atoms with Crippen LogP contribution in [0.3, 0.4) is 0 Å². The molecule has 1 aliphatic heterocycles. The van der Waals surface area contributed by atoms with Crippen molar-refractivity contribution in [2.24, 2.45) is 5.92 Å². The number of nitriles is 1. The van der Waals surface area contributed by atoms with Gasteiger partial charge in [-0.3, -0.25) is 4.90 Å². The van der Waals surface area contributed by atoms with Crippen molar-refractivity contribution < 1.29 is 27.1 Å². The van der Waals surface area contributed by atoms with Gasteiger partial charge in [-0.25, -0.2) is 17.6 Å². The van der Waals surface area contributed by atoms with Gasteiger partial charge in [0.25, 0.3) is 0 Å². The smallest absolute Gasteiger partial charge is 0.410 e. The number of carbonyl (C=O) groups excluding carboxylic acids is 1. The largest absolute Gasteiger partial charge is 0.490 e. The quantitative estimate of drug-likeness (QED) is 0.615. The third-order valence-electron chi connectivity index (χ3n) is 6.48. The second kappa shape index (κ2) is 10.1. The molecule has 0 atom stereocenters. The topological polar surface area (TPSA) is 99.9 Å². The Morgan fingerprint density at radius 2 is 1.82 bits per heavy atom.